The lowest BCUT2D eigenvalue weighted by Crippen LogP contribution is -2.03. The number of nitrogens with zero attached hydrogens (tertiary/aromatic N) is 2. The van der Waals surface area contributed by atoms with E-state index in [1.807, 2.05) is 0 Å². The second-order valence-electron chi connectivity index (χ2n) is 3.10. The summed E-state index contributed by atoms with van der Waals surface area (Å²) in [6.07, 6.45) is 5.15. The molecule has 1 rings (SSSR count). The molecule has 1 aromatic heterocycles. The van der Waals surface area contributed by atoms with Crippen molar-refractivity contribution in [1.29, 1.82) is 0 Å². The van der Waals surface area contributed by atoms with E-state index in [9.17, 15) is 0 Å². The van der Waals surface area contributed by atoms with Crippen molar-refractivity contribution in [1.82, 2.24) is 10.1 Å². The van der Waals surface area contributed by atoms with Gasteiger partial charge in [-0.3, -0.25) is 0 Å². The molecule has 0 fully saturated rings. The molecule has 0 radical (unpaired) electrons. The summed E-state index contributed by atoms with van der Waals surface area (Å²) in [5.41, 5.74) is 5.37. The number of aryl methyl sites for hydroxylation is 1. The summed E-state index contributed by atoms with van der Waals surface area (Å²) in [6, 6.07) is 0. The lowest BCUT2D eigenvalue weighted by Gasteiger charge is -1.91. The third-order valence-corrected chi connectivity index (χ3v) is 1.87. The number of nitrogens with two attached hydrogens (primary N) is 1. The van der Waals surface area contributed by atoms with Gasteiger partial charge in [-0.25, -0.2) is 0 Å². The third-order valence-electron chi connectivity index (χ3n) is 1.87. The standard InChI is InChI=1S/C9H17N3O/c1-2-3-4-5-9-11-8(6-7-10)12-13-9/h2-7,10H2,1H3. The van der Waals surface area contributed by atoms with Crippen LogP contribution in [0.1, 0.15) is 37.9 Å². The largest absolute Gasteiger partial charge is 0.339 e. The minimum Gasteiger partial charge on any atom is -0.339 e. The minimum absolute atomic E-state index is 0.577. The van der Waals surface area contributed by atoms with Gasteiger partial charge in [-0.1, -0.05) is 24.9 Å². The van der Waals surface area contributed by atoms with Crippen LogP contribution in [0.25, 0.3) is 0 Å². The maximum Gasteiger partial charge on any atom is 0.226 e. The Morgan fingerprint density at radius 2 is 2.15 bits per heavy atom. The van der Waals surface area contributed by atoms with Crippen molar-refractivity contribution >= 4 is 0 Å². The van der Waals surface area contributed by atoms with Crippen LogP contribution in [0.5, 0.6) is 0 Å². The predicted molar refractivity (Wildman–Crippen MR) is 50.3 cm³/mol. The molecule has 2 N–H and O–H groups in total. The molecule has 74 valence electrons. The lowest BCUT2D eigenvalue weighted by molar-refractivity contribution is 0.369. The van der Waals surface area contributed by atoms with E-state index in [4.69, 9.17) is 10.3 Å². The Morgan fingerprint density at radius 1 is 1.31 bits per heavy atom. The van der Waals surface area contributed by atoms with E-state index in [-0.39, 0.29) is 0 Å². The topological polar surface area (TPSA) is 64.9 Å². The lowest BCUT2D eigenvalue weighted by atomic mass is 10.2. The molecule has 4 nitrogen and oxygen atoms in total. The van der Waals surface area contributed by atoms with Crippen molar-refractivity contribution < 1.29 is 4.52 Å². The first kappa shape index (κ1) is 10.2. The second-order valence-corrected chi connectivity index (χ2v) is 3.10. The fourth-order valence-electron chi connectivity index (χ4n) is 1.15. The molecular formula is C9H17N3O. The van der Waals surface area contributed by atoms with Crippen LogP contribution in [-0.2, 0) is 12.8 Å². The third kappa shape index (κ3) is 3.55. The second kappa shape index (κ2) is 5.70. The summed E-state index contributed by atoms with van der Waals surface area (Å²) >= 11 is 0. The molecule has 0 unspecified atom stereocenters. The molecule has 0 aromatic carbocycles. The molecule has 1 heterocycles. The Morgan fingerprint density at radius 3 is 2.85 bits per heavy atom. The summed E-state index contributed by atoms with van der Waals surface area (Å²) in [6.45, 7) is 2.75. The number of rotatable bonds is 6. The number of hydrogen-bond donors (Lipinski definition) is 1. The summed E-state index contributed by atoms with van der Waals surface area (Å²) in [7, 11) is 0. The van der Waals surface area contributed by atoms with E-state index >= 15 is 0 Å². The van der Waals surface area contributed by atoms with E-state index < -0.39 is 0 Å². The molecule has 13 heavy (non-hydrogen) atoms. The zero-order chi connectivity index (χ0) is 9.52. The van der Waals surface area contributed by atoms with Crippen LogP contribution in [0.4, 0.5) is 0 Å². The number of aromatic nitrogens is 2. The van der Waals surface area contributed by atoms with Crippen LogP contribution < -0.4 is 5.73 Å². The van der Waals surface area contributed by atoms with Gasteiger partial charge in [0.15, 0.2) is 5.82 Å². The highest BCUT2D eigenvalue weighted by atomic mass is 16.5. The van der Waals surface area contributed by atoms with Gasteiger partial charge in [-0.2, -0.15) is 4.98 Å². The molecule has 1 aromatic rings. The Kier molecular flexibility index (Phi) is 4.46. The van der Waals surface area contributed by atoms with Gasteiger partial charge in [0.05, 0.1) is 0 Å². The van der Waals surface area contributed by atoms with Crippen molar-refractivity contribution in [3.05, 3.63) is 11.7 Å². The molecule has 0 amide bonds. The highest BCUT2D eigenvalue weighted by Crippen LogP contribution is 2.04. The molecule has 0 saturated heterocycles. The van der Waals surface area contributed by atoms with E-state index in [0.717, 1.165) is 24.6 Å². The van der Waals surface area contributed by atoms with Crippen LogP contribution in [0.2, 0.25) is 0 Å². The monoisotopic (exact) mass is 183 g/mol. The summed E-state index contributed by atoms with van der Waals surface area (Å²) < 4.78 is 5.05. The van der Waals surface area contributed by atoms with Crippen molar-refractivity contribution in [2.45, 2.75) is 39.0 Å². The van der Waals surface area contributed by atoms with E-state index in [0.29, 0.717) is 13.0 Å². The van der Waals surface area contributed by atoms with E-state index in [1.54, 1.807) is 0 Å². The Hall–Kier alpha value is -0.900. The average molecular weight is 183 g/mol. The fraction of sp³-hybridized carbons (Fsp3) is 0.778. The molecule has 0 saturated carbocycles. The predicted octanol–water partition coefficient (Wildman–Crippen LogP) is 1.30. The van der Waals surface area contributed by atoms with Crippen LogP contribution in [0.15, 0.2) is 4.52 Å². The van der Waals surface area contributed by atoms with E-state index in [2.05, 4.69) is 17.1 Å². The molecule has 0 atom stereocenters. The van der Waals surface area contributed by atoms with Gasteiger partial charge < -0.3 is 10.3 Å². The molecule has 0 spiro atoms. The summed E-state index contributed by atoms with van der Waals surface area (Å²) in [4.78, 5) is 4.21. The van der Waals surface area contributed by atoms with Crippen molar-refractivity contribution in [2.24, 2.45) is 5.73 Å². The van der Waals surface area contributed by atoms with Gasteiger partial charge in [0.1, 0.15) is 0 Å². The van der Waals surface area contributed by atoms with Crippen LogP contribution in [-0.4, -0.2) is 16.7 Å². The van der Waals surface area contributed by atoms with Crippen LogP contribution in [0, 0.1) is 0 Å². The highest BCUT2D eigenvalue weighted by Gasteiger charge is 2.03. The Bertz CT molecular complexity index is 235. The maximum atomic E-state index is 5.37. The molecule has 0 aliphatic heterocycles. The molecule has 0 aliphatic carbocycles. The van der Waals surface area contributed by atoms with Crippen molar-refractivity contribution in [3.63, 3.8) is 0 Å². The first-order valence-electron chi connectivity index (χ1n) is 4.88. The molecule has 4 heteroatoms. The van der Waals surface area contributed by atoms with Crippen molar-refractivity contribution in [3.8, 4) is 0 Å². The average Bonchev–Trinajstić information content (AvgIpc) is 2.54. The first-order chi connectivity index (χ1) is 6.36. The quantitative estimate of drug-likeness (QED) is 0.675. The van der Waals surface area contributed by atoms with Gasteiger partial charge in [0.2, 0.25) is 5.89 Å². The molecular weight excluding hydrogens is 166 g/mol. The van der Waals surface area contributed by atoms with Gasteiger partial charge in [-0.15, -0.1) is 0 Å². The SMILES string of the molecule is CCCCCc1nc(CCN)no1. The minimum atomic E-state index is 0.577. The highest BCUT2D eigenvalue weighted by molar-refractivity contribution is 4.86. The first-order valence-corrected chi connectivity index (χ1v) is 4.88. The van der Waals surface area contributed by atoms with Crippen molar-refractivity contribution in [2.75, 3.05) is 6.54 Å². The summed E-state index contributed by atoms with van der Waals surface area (Å²) in [5, 5.41) is 3.82. The van der Waals surface area contributed by atoms with Crippen LogP contribution in [0.3, 0.4) is 0 Å². The fourth-order valence-corrected chi connectivity index (χ4v) is 1.15. The Balaban J connectivity index is 2.31. The van der Waals surface area contributed by atoms with E-state index in [1.165, 1.54) is 12.8 Å². The number of unbranched alkanes of at least 4 members (excludes halogenated alkanes) is 2. The molecule has 0 bridgehead atoms. The Labute approximate surface area is 78.5 Å². The van der Waals surface area contributed by atoms with Gasteiger partial charge in [0, 0.05) is 12.8 Å². The summed E-state index contributed by atoms with van der Waals surface area (Å²) in [5.74, 6) is 1.48. The maximum absolute atomic E-state index is 5.37. The number of hydrogen-bond acceptors (Lipinski definition) is 4. The van der Waals surface area contributed by atoms with Gasteiger partial charge in [-0.05, 0) is 13.0 Å². The van der Waals surface area contributed by atoms with Gasteiger partial charge >= 0.3 is 0 Å². The zero-order valence-corrected chi connectivity index (χ0v) is 8.12. The van der Waals surface area contributed by atoms with Gasteiger partial charge in [0.25, 0.3) is 0 Å². The van der Waals surface area contributed by atoms with Crippen LogP contribution >= 0.6 is 0 Å². The smallest absolute Gasteiger partial charge is 0.226 e. The normalized spacial score (nSPS) is 10.6. The zero-order valence-electron chi connectivity index (χ0n) is 8.12. The molecule has 0 aliphatic rings.